The van der Waals surface area contributed by atoms with Crippen LogP contribution in [0.2, 0.25) is 0 Å². The Morgan fingerprint density at radius 1 is 1.16 bits per heavy atom. The minimum atomic E-state index is -0.293. The maximum absolute atomic E-state index is 12.7. The number of aromatic nitrogens is 4. The number of thioether (sulfide) groups is 2. The van der Waals surface area contributed by atoms with E-state index in [-0.39, 0.29) is 11.2 Å². The first-order chi connectivity index (χ1) is 15.0. The molecule has 2 heterocycles. The lowest BCUT2D eigenvalue weighted by Gasteiger charge is -2.13. The number of para-hydroxylation sites is 2. The number of hydrogen-bond acceptors (Lipinski definition) is 7. The number of rotatable bonds is 8. The molecule has 0 saturated carbocycles. The third-order valence-electron chi connectivity index (χ3n) is 4.76. The lowest BCUT2D eigenvalue weighted by Crippen LogP contribution is -2.23. The van der Waals surface area contributed by atoms with E-state index in [1.54, 1.807) is 23.1 Å². The Morgan fingerprint density at radius 2 is 1.94 bits per heavy atom. The summed E-state index contributed by atoms with van der Waals surface area (Å²) in [7, 11) is 0. The number of fused-ring (bicyclic) bond motifs is 1. The van der Waals surface area contributed by atoms with Crippen LogP contribution in [0.25, 0.3) is 10.2 Å². The molecule has 1 amide bonds. The number of nitrogens with one attached hydrogen (secondary N) is 1. The van der Waals surface area contributed by atoms with Crippen molar-refractivity contribution < 1.29 is 4.79 Å². The maximum atomic E-state index is 12.7. The molecule has 1 N–H and O–H groups in total. The van der Waals surface area contributed by atoms with Crippen molar-refractivity contribution in [3.8, 4) is 0 Å². The molecule has 0 aliphatic rings. The molecule has 4 aromatic rings. The number of anilines is 1. The number of benzene rings is 2. The molecule has 2 aromatic carbocycles. The number of thiazole rings is 1. The van der Waals surface area contributed by atoms with Gasteiger partial charge in [0.05, 0.1) is 21.2 Å². The standard InChI is InChI=1S/C22H23N5OS3/c1-4-27-19(13-29-22-24-17-11-7-8-12-18(17)31-22)25-26-21(27)30-15(3)20(28)23-16-10-6-5-9-14(16)2/h5-12,15H,4,13H2,1-3H3,(H,23,28). The summed E-state index contributed by atoms with van der Waals surface area (Å²) in [6, 6.07) is 15.9. The molecule has 0 radical (unpaired) electrons. The monoisotopic (exact) mass is 469 g/mol. The zero-order valence-corrected chi connectivity index (χ0v) is 20.0. The van der Waals surface area contributed by atoms with Gasteiger partial charge in [0.1, 0.15) is 5.82 Å². The highest BCUT2D eigenvalue weighted by Crippen LogP contribution is 2.32. The number of hydrogen-bond donors (Lipinski definition) is 1. The second-order valence-electron chi connectivity index (χ2n) is 6.94. The fourth-order valence-electron chi connectivity index (χ4n) is 3.03. The van der Waals surface area contributed by atoms with Gasteiger partial charge in [-0.3, -0.25) is 4.79 Å². The molecule has 0 fully saturated rings. The Balaban J connectivity index is 1.41. The summed E-state index contributed by atoms with van der Waals surface area (Å²) < 4.78 is 4.28. The van der Waals surface area contributed by atoms with Crippen LogP contribution >= 0.6 is 34.9 Å². The van der Waals surface area contributed by atoms with Crippen molar-refractivity contribution in [2.45, 2.75) is 47.8 Å². The molecule has 0 bridgehead atoms. The van der Waals surface area contributed by atoms with Crippen LogP contribution in [0.1, 0.15) is 25.2 Å². The number of amides is 1. The largest absolute Gasteiger partial charge is 0.325 e. The smallest absolute Gasteiger partial charge is 0.237 e. The molecule has 31 heavy (non-hydrogen) atoms. The molecular formula is C22H23N5OS3. The number of carbonyl (C=O) groups is 1. The summed E-state index contributed by atoms with van der Waals surface area (Å²) in [5.74, 6) is 1.53. The minimum absolute atomic E-state index is 0.0460. The third-order valence-corrected chi connectivity index (χ3v) is 8.02. The molecular weight excluding hydrogens is 446 g/mol. The van der Waals surface area contributed by atoms with Gasteiger partial charge in [0, 0.05) is 12.2 Å². The van der Waals surface area contributed by atoms with Crippen LogP contribution in [0.15, 0.2) is 58.0 Å². The minimum Gasteiger partial charge on any atom is -0.325 e. The Morgan fingerprint density at radius 3 is 2.71 bits per heavy atom. The van der Waals surface area contributed by atoms with E-state index in [1.165, 1.54) is 16.5 Å². The molecule has 9 heteroatoms. The average Bonchev–Trinajstić information content (AvgIpc) is 3.36. The van der Waals surface area contributed by atoms with E-state index in [0.717, 1.165) is 38.6 Å². The van der Waals surface area contributed by atoms with E-state index >= 15 is 0 Å². The van der Waals surface area contributed by atoms with E-state index in [9.17, 15) is 4.79 Å². The molecule has 0 aliphatic heterocycles. The lowest BCUT2D eigenvalue weighted by atomic mass is 10.2. The summed E-state index contributed by atoms with van der Waals surface area (Å²) in [6.07, 6.45) is 0. The maximum Gasteiger partial charge on any atom is 0.237 e. The Labute approximate surface area is 193 Å². The van der Waals surface area contributed by atoms with Gasteiger partial charge in [-0.1, -0.05) is 53.9 Å². The first kappa shape index (κ1) is 21.9. The van der Waals surface area contributed by atoms with Crippen LogP contribution in [0.5, 0.6) is 0 Å². The highest BCUT2D eigenvalue weighted by atomic mass is 32.2. The zero-order valence-electron chi connectivity index (χ0n) is 17.5. The molecule has 0 aliphatic carbocycles. The predicted octanol–water partition coefficient (Wildman–Crippen LogP) is 5.63. The van der Waals surface area contributed by atoms with Crippen LogP contribution in [-0.2, 0) is 17.1 Å². The SMILES string of the molecule is CCn1c(CSc2nc3ccccc3s2)nnc1SC(C)C(=O)Nc1ccccc1C. The van der Waals surface area contributed by atoms with Crippen LogP contribution < -0.4 is 5.32 Å². The van der Waals surface area contributed by atoms with Crippen LogP contribution in [0.4, 0.5) is 5.69 Å². The van der Waals surface area contributed by atoms with Crippen molar-refractivity contribution in [2.75, 3.05) is 5.32 Å². The predicted molar refractivity (Wildman–Crippen MR) is 130 cm³/mol. The lowest BCUT2D eigenvalue weighted by molar-refractivity contribution is -0.115. The molecule has 1 unspecified atom stereocenters. The molecule has 2 aromatic heterocycles. The molecule has 160 valence electrons. The first-order valence-corrected chi connectivity index (χ1v) is 12.7. The molecule has 0 saturated heterocycles. The van der Waals surface area contributed by atoms with Gasteiger partial charge in [-0.05, 0) is 44.5 Å². The van der Waals surface area contributed by atoms with E-state index in [0.29, 0.717) is 5.75 Å². The van der Waals surface area contributed by atoms with Gasteiger partial charge in [-0.15, -0.1) is 21.5 Å². The fraction of sp³-hybridized carbons (Fsp3) is 0.273. The van der Waals surface area contributed by atoms with E-state index < -0.39 is 0 Å². The van der Waals surface area contributed by atoms with Crippen LogP contribution in [-0.4, -0.2) is 30.9 Å². The molecule has 1 atom stereocenters. The van der Waals surface area contributed by atoms with Crippen molar-refractivity contribution >= 4 is 56.7 Å². The van der Waals surface area contributed by atoms with Crippen LogP contribution in [0, 0.1) is 6.92 Å². The van der Waals surface area contributed by atoms with E-state index in [2.05, 4.69) is 38.1 Å². The second-order valence-corrected chi connectivity index (χ2v) is 10.5. The van der Waals surface area contributed by atoms with E-state index in [1.807, 2.05) is 56.3 Å². The van der Waals surface area contributed by atoms with Crippen molar-refractivity contribution in [3.63, 3.8) is 0 Å². The Bertz CT molecular complexity index is 1170. The molecule has 0 spiro atoms. The Kier molecular flexibility index (Phi) is 6.94. The molecule has 4 rings (SSSR count). The quantitative estimate of drug-likeness (QED) is 0.337. The topological polar surface area (TPSA) is 72.7 Å². The zero-order chi connectivity index (χ0) is 21.8. The van der Waals surface area contributed by atoms with Gasteiger partial charge in [-0.2, -0.15) is 0 Å². The van der Waals surface area contributed by atoms with Gasteiger partial charge in [0.25, 0.3) is 0 Å². The third kappa shape index (κ3) is 5.11. The number of carbonyl (C=O) groups excluding carboxylic acids is 1. The first-order valence-electron chi connectivity index (χ1n) is 9.98. The van der Waals surface area contributed by atoms with Gasteiger partial charge in [0.2, 0.25) is 5.91 Å². The normalized spacial score (nSPS) is 12.2. The summed E-state index contributed by atoms with van der Waals surface area (Å²) in [6.45, 7) is 6.69. The summed E-state index contributed by atoms with van der Waals surface area (Å²) in [4.78, 5) is 17.3. The van der Waals surface area contributed by atoms with Crippen molar-refractivity contribution in [1.29, 1.82) is 0 Å². The van der Waals surface area contributed by atoms with Gasteiger partial charge in [0.15, 0.2) is 9.50 Å². The van der Waals surface area contributed by atoms with Crippen molar-refractivity contribution in [1.82, 2.24) is 19.7 Å². The summed E-state index contributed by atoms with van der Waals surface area (Å²) in [5.41, 5.74) is 2.90. The molecule has 6 nitrogen and oxygen atoms in total. The van der Waals surface area contributed by atoms with Gasteiger partial charge < -0.3 is 9.88 Å². The van der Waals surface area contributed by atoms with Crippen LogP contribution in [0.3, 0.4) is 0 Å². The van der Waals surface area contributed by atoms with Gasteiger partial charge >= 0.3 is 0 Å². The number of nitrogens with zero attached hydrogens (tertiary/aromatic N) is 4. The highest BCUT2D eigenvalue weighted by molar-refractivity contribution is 8.00. The number of aryl methyl sites for hydroxylation is 1. The Hall–Kier alpha value is -2.36. The van der Waals surface area contributed by atoms with Crippen molar-refractivity contribution in [2.24, 2.45) is 0 Å². The second kappa shape index (κ2) is 9.84. The van der Waals surface area contributed by atoms with Gasteiger partial charge in [-0.25, -0.2) is 4.98 Å². The highest BCUT2D eigenvalue weighted by Gasteiger charge is 2.20. The summed E-state index contributed by atoms with van der Waals surface area (Å²) >= 11 is 4.79. The fourth-order valence-corrected chi connectivity index (χ4v) is 5.97. The average molecular weight is 470 g/mol. The summed E-state index contributed by atoms with van der Waals surface area (Å²) in [5, 5.41) is 12.2. The van der Waals surface area contributed by atoms with E-state index in [4.69, 9.17) is 0 Å². The van der Waals surface area contributed by atoms with Crippen molar-refractivity contribution in [3.05, 3.63) is 59.9 Å².